The largest absolute Gasteiger partial charge is 0.369 e. The molecular formula is C3H8O3S. The van der Waals surface area contributed by atoms with Crippen molar-refractivity contribution >= 4 is 9.84 Å². The molecule has 0 radical (unpaired) electrons. The molecule has 0 saturated carbocycles. The van der Waals surface area contributed by atoms with Crippen LogP contribution in [-0.4, -0.2) is 27.7 Å². The van der Waals surface area contributed by atoms with Crippen LogP contribution in [0.1, 0.15) is 0 Å². The van der Waals surface area contributed by atoms with Crippen molar-refractivity contribution in [1.82, 2.24) is 0 Å². The normalized spacial score (nSPS) is 11.7. The second-order valence-corrected chi connectivity index (χ2v) is 3.42. The first-order chi connectivity index (χ1) is 3.06. The zero-order valence-corrected chi connectivity index (χ0v) is 5.16. The Morgan fingerprint density at radius 1 is 1.57 bits per heavy atom. The zero-order chi connectivity index (χ0) is 5.91. The first kappa shape index (κ1) is 6.91. The van der Waals surface area contributed by atoms with E-state index in [-0.39, 0.29) is 5.94 Å². The number of hydrogen-bond donors (Lipinski definition) is 0. The fourth-order valence-electron chi connectivity index (χ4n) is 0.214. The lowest BCUT2D eigenvalue weighted by atomic mass is 11.5. The Morgan fingerprint density at radius 3 is 2.00 bits per heavy atom. The van der Waals surface area contributed by atoms with E-state index < -0.39 is 9.84 Å². The first-order valence-corrected chi connectivity index (χ1v) is 3.79. The summed E-state index contributed by atoms with van der Waals surface area (Å²) in [4.78, 5) is 0. The topological polar surface area (TPSA) is 43.4 Å². The minimum absolute atomic E-state index is 0.188. The van der Waals surface area contributed by atoms with Crippen LogP contribution in [0.15, 0.2) is 0 Å². The lowest BCUT2D eigenvalue weighted by Crippen LogP contribution is -2.03. The molecule has 0 unspecified atom stereocenters. The van der Waals surface area contributed by atoms with Gasteiger partial charge in [-0.3, -0.25) is 0 Å². The third kappa shape index (κ3) is 5.91. The van der Waals surface area contributed by atoms with Crippen LogP contribution < -0.4 is 0 Å². The van der Waals surface area contributed by atoms with Gasteiger partial charge in [-0.25, -0.2) is 8.42 Å². The molecule has 0 aromatic carbocycles. The van der Waals surface area contributed by atoms with Crippen LogP contribution in [0.25, 0.3) is 0 Å². The van der Waals surface area contributed by atoms with E-state index in [1.54, 1.807) is 0 Å². The Labute approximate surface area is 43.2 Å². The summed E-state index contributed by atoms with van der Waals surface area (Å²) < 4.78 is 24.5. The predicted molar refractivity (Wildman–Crippen MR) is 26.7 cm³/mol. The van der Waals surface area contributed by atoms with Crippen LogP contribution in [0, 0.1) is 0 Å². The van der Waals surface area contributed by atoms with Gasteiger partial charge in [0.15, 0.2) is 9.84 Å². The third-order valence-corrected chi connectivity index (χ3v) is 0.996. The Morgan fingerprint density at radius 2 is 2.00 bits per heavy atom. The SMILES string of the molecule is COCS(C)(=O)=O. The summed E-state index contributed by atoms with van der Waals surface area (Å²) in [6.07, 6.45) is 1.12. The van der Waals surface area contributed by atoms with Gasteiger partial charge in [-0.1, -0.05) is 0 Å². The molecule has 0 amide bonds. The van der Waals surface area contributed by atoms with Crippen LogP contribution >= 0.6 is 0 Å². The van der Waals surface area contributed by atoms with E-state index >= 15 is 0 Å². The van der Waals surface area contributed by atoms with Crippen molar-refractivity contribution in [2.75, 3.05) is 19.3 Å². The van der Waals surface area contributed by atoms with Gasteiger partial charge in [-0.05, 0) is 0 Å². The minimum atomic E-state index is -2.90. The first-order valence-electron chi connectivity index (χ1n) is 1.73. The maximum Gasteiger partial charge on any atom is 0.171 e. The van der Waals surface area contributed by atoms with Crippen molar-refractivity contribution < 1.29 is 13.2 Å². The minimum Gasteiger partial charge on any atom is -0.369 e. The number of rotatable bonds is 2. The van der Waals surface area contributed by atoms with Crippen LogP contribution in [0.3, 0.4) is 0 Å². The van der Waals surface area contributed by atoms with Crippen LogP contribution in [0.4, 0.5) is 0 Å². The molecule has 0 N–H and O–H groups in total. The van der Waals surface area contributed by atoms with E-state index in [0.717, 1.165) is 6.26 Å². The quantitative estimate of drug-likeness (QED) is 0.504. The van der Waals surface area contributed by atoms with Crippen molar-refractivity contribution in [3.63, 3.8) is 0 Å². The fourth-order valence-corrected chi connectivity index (χ4v) is 0.642. The van der Waals surface area contributed by atoms with Crippen LogP contribution in [0.5, 0.6) is 0 Å². The highest BCUT2D eigenvalue weighted by Gasteiger charge is 1.96. The molecule has 44 valence electrons. The van der Waals surface area contributed by atoms with Crippen molar-refractivity contribution in [2.24, 2.45) is 0 Å². The van der Waals surface area contributed by atoms with Gasteiger partial charge >= 0.3 is 0 Å². The lowest BCUT2D eigenvalue weighted by molar-refractivity contribution is 0.250. The van der Waals surface area contributed by atoms with Gasteiger partial charge < -0.3 is 4.74 Å². The third-order valence-electron chi connectivity index (χ3n) is 0.332. The average molecular weight is 124 g/mol. The molecule has 0 aromatic heterocycles. The Balaban J connectivity index is 3.60. The molecule has 4 heteroatoms. The molecule has 0 heterocycles. The van der Waals surface area contributed by atoms with Gasteiger partial charge in [0.2, 0.25) is 0 Å². The Bertz CT molecular complexity index is 123. The summed E-state index contributed by atoms with van der Waals surface area (Å²) in [6.45, 7) is 0. The molecule has 7 heavy (non-hydrogen) atoms. The van der Waals surface area contributed by atoms with E-state index in [0.29, 0.717) is 0 Å². The number of sulfone groups is 1. The van der Waals surface area contributed by atoms with Crippen molar-refractivity contribution in [2.45, 2.75) is 0 Å². The van der Waals surface area contributed by atoms with Crippen LogP contribution in [-0.2, 0) is 14.6 Å². The van der Waals surface area contributed by atoms with E-state index in [9.17, 15) is 8.42 Å². The second-order valence-electron chi connectivity index (χ2n) is 1.33. The monoisotopic (exact) mass is 124 g/mol. The predicted octanol–water partition coefficient (Wildman–Crippen LogP) is -0.365. The van der Waals surface area contributed by atoms with Crippen molar-refractivity contribution in [1.29, 1.82) is 0 Å². The molecule has 3 nitrogen and oxygen atoms in total. The second kappa shape index (κ2) is 2.28. The van der Waals surface area contributed by atoms with E-state index in [4.69, 9.17) is 0 Å². The summed E-state index contributed by atoms with van der Waals surface area (Å²) in [7, 11) is -1.55. The zero-order valence-electron chi connectivity index (χ0n) is 4.34. The highest BCUT2D eigenvalue weighted by Crippen LogP contribution is 1.78. The van der Waals surface area contributed by atoms with E-state index in [1.165, 1.54) is 7.11 Å². The molecule has 0 aliphatic rings. The number of methoxy groups -OCH3 is 1. The summed E-state index contributed by atoms with van der Waals surface area (Å²) >= 11 is 0. The molecule has 0 spiro atoms. The van der Waals surface area contributed by atoms with Gasteiger partial charge in [0.05, 0.1) is 0 Å². The van der Waals surface area contributed by atoms with E-state index in [1.807, 2.05) is 0 Å². The fraction of sp³-hybridized carbons (Fsp3) is 1.00. The van der Waals surface area contributed by atoms with Gasteiger partial charge in [0.25, 0.3) is 0 Å². The molecular weight excluding hydrogens is 116 g/mol. The van der Waals surface area contributed by atoms with Gasteiger partial charge in [0.1, 0.15) is 5.94 Å². The number of ether oxygens (including phenoxy) is 1. The molecule has 0 aliphatic heterocycles. The van der Waals surface area contributed by atoms with Gasteiger partial charge in [-0.15, -0.1) is 0 Å². The molecule has 0 aromatic rings. The Hall–Kier alpha value is -0.0900. The summed E-state index contributed by atoms with van der Waals surface area (Å²) in [5.74, 6) is -0.188. The maximum atomic E-state index is 10.1. The number of hydrogen-bond acceptors (Lipinski definition) is 3. The lowest BCUT2D eigenvalue weighted by Gasteiger charge is -1.89. The highest BCUT2D eigenvalue weighted by molar-refractivity contribution is 7.90. The molecule has 0 saturated heterocycles. The van der Waals surface area contributed by atoms with Crippen molar-refractivity contribution in [3.8, 4) is 0 Å². The van der Waals surface area contributed by atoms with E-state index in [2.05, 4.69) is 4.74 Å². The average Bonchev–Trinajstić information content (AvgIpc) is 1.30. The summed E-state index contributed by atoms with van der Waals surface area (Å²) in [5, 5.41) is 0. The molecule has 0 bridgehead atoms. The summed E-state index contributed by atoms with van der Waals surface area (Å²) in [5.41, 5.74) is 0. The smallest absolute Gasteiger partial charge is 0.171 e. The van der Waals surface area contributed by atoms with Crippen LogP contribution in [0.2, 0.25) is 0 Å². The highest BCUT2D eigenvalue weighted by atomic mass is 32.2. The summed E-state index contributed by atoms with van der Waals surface area (Å²) in [6, 6.07) is 0. The Kier molecular flexibility index (Phi) is 2.25. The molecule has 0 atom stereocenters. The maximum absolute atomic E-state index is 10.1. The van der Waals surface area contributed by atoms with Crippen molar-refractivity contribution in [3.05, 3.63) is 0 Å². The standard InChI is InChI=1S/C3H8O3S/c1-6-3-7(2,4)5/h3H2,1-2H3. The molecule has 0 fully saturated rings. The molecule has 0 rings (SSSR count). The molecule has 0 aliphatic carbocycles. The van der Waals surface area contributed by atoms with Gasteiger partial charge in [0, 0.05) is 13.4 Å². The van der Waals surface area contributed by atoms with Gasteiger partial charge in [-0.2, -0.15) is 0 Å².